The molecule has 3 radical (unpaired) electrons. The molecule has 1 heterocycles. The summed E-state index contributed by atoms with van der Waals surface area (Å²) >= 11 is 0. The Morgan fingerprint density at radius 3 is 2.29 bits per heavy atom. The number of ether oxygens (including phenoxy) is 1. The van der Waals surface area contributed by atoms with Crippen LogP contribution in [0.25, 0.3) is 0 Å². The van der Waals surface area contributed by atoms with E-state index >= 15 is 0 Å². The highest BCUT2D eigenvalue weighted by molar-refractivity contribution is 6.05. The smallest absolute Gasteiger partial charge is 0.377 e. The second kappa shape index (κ2) is 5.63. The minimum atomic E-state index is -1.42. The fraction of sp³-hybridized carbons (Fsp3) is 0.571. The summed E-state index contributed by atoms with van der Waals surface area (Å²) < 4.78 is 4.32. The summed E-state index contributed by atoms with van der Waals surface area (Å²) in [6.45, 7) is 1.13. The first-order chi connectivity index (χ1) is 6.57. The fourth-order valence-corrected chi connectivity index (χ4v) is 0.823. The number of aliphatic hydroxyl groups is 4. The molecule has 4 N–H and O–H groups in total. The van der Waals surface area contributed by atoms with Crippen LogP contribution in [0.15, 0.2) is 11.5 Å². The average molecular weight is 219 g/mol. The summed E-state index contributed by atoms with van der Waals surface area (Å²) in [4.78, 5) is 10.5. The zero-order valence-electron chi connectivity index (χ0n) is 7.47. The summed E-state index contributed by atoms with van der Waals surface area (Å²) in [5.74, 6) is -2.78. The Hall–Kier alpha value is -1.05. The Morgan fingerprint density at radius 1 is 1.50 bits per heavy atom. The molecule has 0 aromatic heterocycles. The number of rotatable bonds is 2. The molecule has 0 aromatic carbocycles. The highest BCUT2D eigenvalue weighted by Gasteiger charge is 2.38. The van der Waals surface area contributed by atoms with Crippen LogP contribution in [0.2, 0.25) is 6.55 Å². The molecule has 1 aliphatic heterocycles. The van der Waals surface area contributed by atoms with Gasteiger partial charge in [0.25, 0.3) is 0 Å². The minimum absolute atomic E-state index is 0.671. The van der Waals surface area contributed by atoms with Crippen molar-refractivity contribution in [2.75, 3.05) is 6.61 Å². The summed E-state index contributed by atoms with van der Waals surface area (Å²) in [5.41, 5.74) is 0. The SMILES string of the molecule is C[Si].O=C1O[C@H]([C@@H](O)CO)C(O)=C1O. The summed E-state index contributed by atoms with van der Waals surface area (Å²) in [6.07, 6.45) is -2.78. The van der Waals surface area contributed by atoms with Crippen LogP contribution in [0.3, 0.4) is 0 Å². The van der Waals surface area contributed by atoms with E-state index in [-0.39, 0.29) is 0 Å². The van der Waals surface area contributed by atoms with Crippen molar-refractivity contribution in [3.8, 4) is 0 Å². The fourth-order valence-electron chi connectivity index (χ4n) is 0.823. The average Bonchev–Trinajstić information content (AvgIpc) is 2.48. The third-order valence-electron chi connectivity index (χ3n) is 1.48. The van der Waals surface area contributed by atoms with Crippen molar-refractivity contribution >= 4 is 16.2 Å². The lowest BCUT2D eigenvalue weighted by molar-refractivity contribution is -0.147. The Balaban J connectivity index is 0.000000791. The molecule has 1 aliphatic rings. The van der Waals surface area contributed by atoms with Crippen LogP contribution in [-0.4, -0.2) is 55.5 Å². The normalized spacial score (nSPS) is 22.6. The maximum absolute atomic E-state index is 10.5. The molecule has 0 aromatic rings. The number of esters is 1. The molecule has 0 fully saturated rings. The Kier molecular flexibility index (Phi) is 5.21. The van der Waals surface area contributed by atoms with Gasteiger partial charge in [0.05, 0.1) is 6.61 Å². The lowest BCUT2D eigenvalue weighted by Gasteiger charge is -2.13. The van der Waals surface area contributed by atoms with Crippen LogP contribution in [0.5, 0.6) is 0 Å². The number of hydrogen-bond acceptors (Lipinski definition) is 6. The van der Waals surface area contributed by atoms with Crippen molar-refractivity contribution in [2.24, 2.45) is 0 Å². The van der Waals surface area contributed by atoms with Crippen molar-refractivity contribution in [1.29, 1.82) is 0 Å². The summed E-state index contributed by atoms with van der Waals surface area (Å²) in [6, 6.07) is 0. The third-order valence-corrected chi connectivity index (χ3v) is 1.48. The van der Waals surface area contributed by atoms with Crippen LogP contribution in [0.1, 0.15) is 0 Å². The number of cyclic esters (lactones) is 1. The van der Waals surface area contributed by atoms with Gasteiger partial charge in [-0.2, -0.15) is 0 Å². The molecule has 0 unspecified atom stereocenters. The predicted octanol–water partition coefficient (Wildman–Crippen LogP) is -1.20. The van der Waals surface area contributed by atoms with Crippen LogP contribution in [-0.2, 0) is 9.53 Å². The monoisotopic (exact) mass is 219 g/mol. The molecule has 0 aliphatic carbocycles. The topological polar surface area (TPSA) is 107 Å². The molecule has 14 heavy (non-hydrogen) atoms. The van der Waals surface area contributed by atoms with E-state index in [1.165, 1.54) is 0 Å². The van der Waals surface area contributed by atoms with Crippen molar-refractivity contribution in [2.45, 2.75) is 18.8 Å². The van der Waals surface area contributed by atoms with Crippen LogP contribution >= 0.6 is 0 Å². The molecule has 0 bridgehead atoms. The quantitative estimate of drug-likeness (QED) is 0.343. The van der Waals surface area contributed by atoms with Crippen molar-refractivity contribution in [3.05, 3.63) is 11.5 Å². The van der Waals surface area contributed by atoms with Gasteiger partial charge in [-0.05, 0) is 0 Å². The Labute approximate surface area is 83.9 Å². The van der Waals surface area contributed by atoms with E-state index in [1.807, 2.05) is 0 Å². The van der Waals surface area contributed by atoms with E-state index in [9.17, 15) is 4.79 Å². The number of carbonyl (C=O) groups is 1. The highest BCUT2D eigenvalue weighted by Crippen LogP contribution is 2.20. The first-order valence-electron chi connectivity index (χ1n) is 3.70. The maximum atomic E-state index is 10.5. The Morgan fingerprint density at radius 2 is 2.00 bits per heavy atom. The molecule has 0 amide bonds. The summed E-state index contributed by atoms with van der Waals surface area (Å²) in [5, 5.41) is 35.0. The van der Waals surface area contributed by atoms with Gasteiger partial charge in [0.2, 0.25) is 5.76 Å². The number of aliphatic hydroxyl groups excluding tert-OH is 4. The zero-order valence-corrected chi connectivity index (χ0v) is 8.47. The first-order valence-corrected chi connectivity index (χ1v) is 4.70. The van der Waals surface area contributed by atoms with Crippen LogP contribution in [0.4, 0.5) is 0 Å². The molecule has 1 rings (SSSR count). The zero-order chi connectivity index (χ0) is 11.3. The number of carbonyl (C=O) groups excluding carboxylic acids is 1. The second-order valence-corrected chi connectivity index (χ2v) is 2.31. The minimum Gasteiger partial charge on any atom is -0.505 e. The van der Waals surface area contributed by atoms with Gasteiger partial charge in [-0.1, -0.05) is 6.55 Å². The van der Waals surface area contributed by atoms with Crippen molar-refractivity contribution in [3.63, 3.8) is 0 Å². The van der Waals surface area contributed by atoms with Crippen LogP contribution in [0, 0.1) is 0 Å². The lowest BCUT2D eigenvalue weighted by atomic mass is 10.2. The van der Waals surface area contributed by atoms with Gasteiger partial charge in [0.1, 0.15) is 6.10 Å². The van der Waals surface area contributed by atoms with Gasteiger partial charge < -0.3 is 25.2 Å². The lowest BCUT2D eigenvalue weighted by Crippen LogP contribution is -2.31. The molecule has 0 saturated heterocycles. The molecular weight excluding hydrogens is 208 g/mol. The van der Waals surface area contributed by atoms with Gasteiger partial charge in [0.15, 0.2) is 11.9 Å². The standard InChI is InChI=1S/C6H8O6.CH3Si/c7-1-2(8)5-3(9)4(10)6(11)12-5;1-2/h2,5,7-10H,1H2;1H3/t2-,5+;/m0./s1. The van der Waals surface area contributed by atoms with Gasteiger partial charge in [0, 0.05) is 10.2 Å². The van der Waals surface area contributed by atoms with Gasteiger partial charge in [-0.15, -0.1) is 0 Å². The molecule has 0 spiro atoms. The molecule has 79 valence electrons. The van der Waals surface area contributed by atoms with Gasteiger partial charge in [-0.3, -0.25) is 0 Å². The van der Waals surface area contributed by atoms with Crippen molar-refractivity contribution in [1.82, 2.24) is 0 Å². The summed E-state index contributed by atoms with van der Waals surface area (Å²) in [7, 11) is 2.97. The van der Waals surface area contributed by atoms with Crippen molar-refractivity contribution < 1.29 is 30.0 Å². The van der Waals surface area contributed by atoms with E-state index in [0.29, 0.717) is 0 Å². The van der Waals surface area contributed by atoms with E-state index in [0.717, 1.165) is 0 Å². The van der Waals surface area contributed by atoms with Gasteiger partial charge >= 0.3 is 5.97 Å². The van der Waals surface area contributed by atoms with E-state index < -0.39 is 36.3 Å². The molecular formula is C7H11O6Si. The van der Waals surface area contributed by atoms with E-state index in [1.54, 1.807) is 6.55 Å². The molecule has 7 heteroatoms. The molecule has 2 atom stereocenters. The second-order valence-electron chi connectivity index (χ2n) is 2.31. The van der Waals surface area contributed by atoms with E-state index in [4.69, 9.17) is 20.4 Å². The van der Waals surface area contributed by atoms with Gasteiger partial charge in [-0.25, -0.2) is 4.79 Å². The highest BCUT2D eigenvalue weighted by atomic mass is 28.1. The first kappa shape index (κ1) is 12.9. The number of hydrogen-bond donors (Lipinski definition) is 4. The van der Waals surface area contributed by atoms with Crippen LogP contribution < -0.4 is 0 Å². The molecule has 6 nitrogen and oxygen atoms in total. The predicted molar refractivity (Wildman–Crippen MR) is 46.9 cm³/mol. The molecule has 0 saturated carbocycles. The maximum Gasteiger partial charge on any atom is 0.377 e. The van der Waals surface area contributed by atoms with E-state index in [2.05, 4.69) is 15.0 Å². The largest absolute Gasteiger partial charge is 0.505 e. The third kappa shape index (κ3) is 2.47. The Bertz CT molecular complexity index is 238.